The molecule has 5 nitrogen and oxygen atoms in total. The van der Waals surface area contributed by atoms with Gasteiger partial charge in [-0.1, -0.05) is 6.07 Å². The third-order valence-corrected chi connectivity index (χ3v) is 7.74. The Kier molecular flexibility index (Phi) is 4.34. The Balaban J connectivity index is 1.26. The lowest BCUT2D eigenvalue weighted by molar-refractivity contribution is -0.172. The molecule has 150 valence electrons. The van der Waals surface area contributed by atoms with Gasteiger partial charge in [0.15, 0.2) is 5.78 Å². The van der Waals surface area contributed by atoms with Crippen LogP contribution >= 0.6 is 0 Å². The van der Waals surface area contributed by atoms with Gasteiger partial charge in [0.05, 0.1) is 5.60 Å². The molecule has 5 fully saturated rings. The lowest BCUT2D eigenvalue weighted by Crippen LogP contribution is -2.57. The minimum absolute atomic E-state index is 0.00610. The first-order chi connectivity index (χ1) is 13.4. The van der Waals surface area contributed by atoms with Crippen molar-refractivity contribution in [1.29, 1.82) is 0 Å². The zero-order valence-corrected chi connectivity index (χ0v) is 16.5. The van der Waals surface area contributed by atoms with Crippen LogP contribution in [0.1, 0.15) is 68.3 Å². The number of carbonyl (C=O) groups excluding carboxylic acids is 2. The van der Waals surface area contributed by atoms with Crippen LogP contribution in [0.3, 0.4) is 0 Å². The zero-order valence-electron chi connectivity index (χ0n) is 16.5. The molecule has 1 aromatic heterocycles. The predicted molar refractivity (Wildman–Crippen MR) is 105 cm³/mol. The van der Waals surface area contributed by atoms with Crippen LogP contribution in [0, 0.1) is 23.2 Å². The summed E-state index contributed by atoms with van der Waals surface area (Å²) in [5.41, 5.74) is -0.0254. The van der Waals surface area contributed by atoms with Gasteiger partial charge in [-0.15, -0.1) is 0 Å². The second kappa shape index (κ2) is 6.65. The third kappa shape index (κ3) is 3.28. The zero-order chi connectivity index (χ0) is 19.4. The number of pyridine rings is 1. The SMILES string of the molecule is O=C(c1ccccn1)C1CCCN(C(=O)CC23CC4CC(CC(O)(C4)C2)C3)C1. The van der Waals surface area contributed by atoms with Crippen molar-refractivity contribution in [2.75, 3.05) is 13.1 Å². The Hall–Kier alpha value is -1.75. The van der Waals surface area contributed by atoms with Crippen LogP contribution < -0.4 is 0 Å². The number of rotatable bonds is 4. The summed E-state index contributed by atoms with van der Waals surface area (Å²) in [7, 11) is 0. The molecule has 0 spiro atoms. The van der Waals surface area contributed by atoms with Gasteiger partial charge in [0.2, 0.25) is 5.91 Å². The van der Waals surface area contributed by atoms with E-state index >= 15 is 0 Å². The number of piperidine rings is 1. The largest absolute Gasteiger partial charge is 0.390 e. The molecule has 5 aliphatic rings. The quantitative estimate of drug-likeness (QED) is 0.812. The van der Waals surface area contributed by atoms with E-state index in [0.717, 1.165) is 51.5 Å². The van der Waals surface area contributed by atoms with Crippen molar-refractivity contribution in [3.05, 3.63) is 30.1 Å². The van der Waals surface area contributed by atoms with Crippen molar-refractivity contribution >= 4 is 11.7 Å². The standard InChI is InChI=1S/C23H30N2O3/c26-20(13-22-9-16-8-17(10-22)12-23(28,11-16)15-22)25-7-3-4-18(14-25)21(27)19-5-1-2-6-24-19/h1-2,5-6,16-18,28H,3-4,7-15H2. The summed E-state index contributed by atoms with van der Waals surface area (Å²) in [5.74, 6) is 1.29. The summed E-state index contributed by atoms with van der Waals surface area (Å²) in [4.78, 5) is 32.1. The molecule has 1 amide bonds. The Bertz CT molecular complexity index is 763. The minimum Gasteiger partial charge on any atom is -0.390 e. The van der Waals surface area contributed by atoms with Crippen molar-refractivity contribution in [2.24, 2.45) is 23.2 Å². The molecular formula is C23H30N2O3. The molecule has 1 aromatic rings. The fourth-order valence-corrected chi connectivity index (χ4v) is 7.18. The summed E-state index contributed by atoms with van der Waals surface area (Å²) >= 11 is 0. The molecule has 5 heteroatoms. The minimum atomic E-state index is -0.524. The highest BCUT2D eigenvalue weighted by molar-refractivity contribution is 5.96. The monoisotopic (exact) mass is 382 g/mol. The number of carbonyl (C=O) groups is 2. The van der Waals surface area contributed by atoms with Crippen LogP contribution in [-0.4, -0.2) is 45.4 Å². The second-order valence-electron chi connectivity index (χ2n) is 10.1. The van der Waals surface area contributed by atoms with Gasteiger partial charge in [0, 0.05) is 31.6 Å². The van der Waals surface area contributed by atoms with Gasteiger partial charge in [0.25, 0.3) is 0 Å². The molecule has 1 N–H and O–H groups in total. The topological polar surface area (TPSA) is 70.5 Å². The van der Waals surface area contributed by atoms with Crippen LogP contribution in [0.4, 0.5) is 0 Å². The molecular weight excluding hydrogens is 352 g/mol. The fraction of sp³-hybridized carbons (Fsp3) is 0.696. The second-order valence-corrected chi connectivity index (χ2v) is 10.1. The molecule has 3 atom stereocenters. The van der Waals surface area contributed by atoms with Gasteiger partial charge in [0.1, 0.15) is 5.69 Å². The smallest absolute Gasteiger partial charge is 0.223 e. The maximum Gasteiger partial charge on any atom is 0.223 e. The van der Waals surface area contributed by atoms with Crippen molar-refractivity contribution < 1.29 is 14.7 Å². The highest BCUT2D eigenvalue weighted by Gasteiger charge is 2.57. The molecule has 3 unspecified atom stereocenters. The van der Waals surface area contributed by atoms with E-state index in [1.165, 1.54) is 6.42 Å². The number of ketones is 1. The van der Waals surface area contributed by atoms with Gasteiger partial charge in [-0.3, -0.25) is 14.6 Å². The lowest BCUT2D eigenvalue weighted by Gasteiger charge is -2.60. The molecule has 2 heterocycles. The van der Waals surface area contributed by atoms with E-state index in [1.54, 1.807) is 12.3 Å². The van der Waals surface area contributed by atoms with E-state index in [1.807, 2.05) is 17.0 Å². The Labute approximate surface area is 166 Å². The lowest BCUT2D eigenvalue weighted by atomic mass is 9.47. The number of aromatic nitrogens is 1. The number of nitrogens with zero attached hydrogens (tertiary/aromatic N) is 2. The van der Waals surface area contributed by atoms with Gasteiger partial charge in [-0.2, -0.15) is 0 Å². The van der Waals surface area contributed by atoms with Crippen molar-refractivity contribution in [2.45, 2.75) is 63.4 Å². The van der Waals surface area contributed by atoms with E-state index in [-0.39, 0.29) is 23.0 Å². The number of hydrogen-bond donors (Lipinski definition) is 1. The van der Waals surface area contributed by atoms with E-state index in [0.29, 0.717) is 30.5 Å². The van der Waals surface area contributed by atoms with Crippen LogP contribution in [0.25, 0.3) is 0 Å². The van der Waals surface area contributed by atoms with Crippen LogP contribution in [0.5, 0.6) is 0 Å². The first-order valence-electron chi connectivity index (χ1n) is 10.9. The van der Waals surface area contributed by atoms with Crippen molar-refractivity contribution in [3.63, 3.8) is 0 Å². The first-order valence-corrected chi connectivity index (χ1v) is 10.9. The van der Waals surface area contributed by atoms with Crippen LogP contribution in [-0.2, 0) is 4.79 Å². The average molecular weight is 383 g/mol. The van der Waals surface area contributed by atoms with Gasteiger partial charge in [-0.05, 0) is 80.8 Å². The number of likely N-dealkylation sites (tertiary alicyclic amines) is 1. The number of Topliss-reactive ketones (excluding diaryl/α,β-unsaturated/α-hetero) is 1. The molecule has 1 saturated heterocycles. The van der Waals surface area contributed by atoms with Crippen molar-refractivity contribution in [1.82, 2.24) is 9.88 Å². The Morgan fingerprint density at radius 2 is 1.96 bits per heavy atom. The predicted octanol–water partition coefficient (Wildman–Crippen LogP) is 3.22. The van der Waals surface area contributed by atoms with Gasteiger partial charge in [-0.25, -0.2) is 0 Å². The van der Waals surface area contributed by atoms with E-state index in [9.17, 15) is 14.7 Å². The summed E-state index contributed by atoms with van der Waals surface area (Å²) in [5, 5.41) is 11.0. The average Bonchev–Trinajstić information content (AvgIpc) is 2.66. The highest BCUT2D eigenvalue weighted by Crippen LogP contribution is 2.62. The number of hydrogen-bond acceptors (Lipinski definition) is 4. The molecule has 6 rings (SSSR count). The van der Waals surface area contributed by atoms with Gasteiger partial charge >= 0.3 is 0 Å². The van der Waals surface area contributed by atoms with Crippen LogP contribution in [0.15, 0.2) is 24.4 Å². The molecule has 4 bridgehead atoms. The normalized spacial score (nSPS) is 39.2. The Morgan fingerprint density at radius 1 is 1.18 bits per heavy atom. The first kappa shape index (κ1) is 18.3. The molecule has 0 aromatic carbocycles. The number of amides is 1. The maximum atomic E-state index is 13.2. The number of aliphatic hydroxyl groups is 1. The molecule has 1 aliphatic heterocycles. The van der Waals surface area contributed by atoms with E-state index < -0.39 is 5.60 Å². The Morgan fingerprint density at radius 3 is 2.64 bits per heavy atom. The van der Waals surface area contributed by atoms with Crippen molar-refractivity contribution in [3.8, 4) is 0 Å². The van der Waals surface area contributed by atoms with Gasteiger partial charge < -0.3 is 10.0 Å². The summed E-state index contributed by atoms with van der Waals surface area (Å²) in [6, 6.07) is 5.41. The summed E-state index contributed by atoms with van der Waals surface area (Å²) in [6.07, 6.45) is 10.00. The van der Waals surface area contributed by atoms with E-state index in [4.69, 9.17) is 0 Å². The fourth-order valence-electron chi connectivity index (χ4n) is 7.18. The molecule has 4 saturated carbocycles. The van der Waals surface area contributed by atoms with Crippen LogP contribution in [0.2, 0.25) is 0 Å². The highest BCUT2D eigenvalue weighted by atomic mass is 16.3. The molecule has 4 aliphatic carbocycles. The molecule has 28 heavy (non-hydrogen) atoms. The third-order valence-electron chi connectivity index (χ3n) is 7.74. The molecule has 0 radical (unpaired) electrons. The van der Waals surface area contributed by atoms with E-state index in [2.05, 4.69) is 4.98 Å². The summed E-state index contributed by atoms with van der Waals surface area (Å²) < 4.78 is 0. The maximum absolute atomic E-state index is 13.2. The summed E-state index contributed by atoms with van der Waals surface area (Å²) in [6.45, 7) is 1.26.